The van der Waals surface area contributed by atoms with Crippen LogP contribution in [0.5, 0.6) is 5.75 Å². The molecule has 0 saturated heterocycles. The summed E-state index contributed by atoms with van der Waals surface area (Å²) in [5, 5.41) is 0. The SMILES string of the molecule is CC(N)C(N)c1ccc2c(c1)CCCO2. The van der Waals surface area contributed by atoms with Gasteiger partial charge in [-0.2, -0.15) is 0 Å². The summed E-state index contributed by atoms with van der Waals surface area (Å²) in [4.78, 5) is 0. The molecule has 0 spiro atoms. The monoisotopic (exact) mass is 206 g/mol. The molecule has 0 saturated carbocycles. The molecule has 1 aromatic rings. The molecule has 0 aliphatic carbocycles. The van der Waals surface area contributed by atoms with Gasteiger partial charge in [0.05, 0.1) is 6.61 Å². The number of ether oxygens (including phenoxy) is 1. The summed E-state index contributed by atoms with van der Waals surface area (Å²) in [6.07, 6.45) is 2.17. The van der Waals surface area contributed by atoms with E-state index >= 15 is 0 Å². The second kappa shape index (κ2) is 4.21. The standard InChI is InChI=1S/C12H18N2O/c1-8(13)12(14)10-4-5-11-9(7-10)3-2-6-15-11/h4-5,7-8,12H,2-3,6,13-14H2,1H3. The van der Waals surface area contributed by atoms with Gasteiger partial charge in [-0.3, -0.25) is 0 Å². The molecule has 2 rings (SSSR count). The molecule has 1 aliphatic rings. The molecule has 1 aliphatic heterocycles. The number of fused-ring (bicyclic) bond motifs is 1. The van der Waals surface area contributed by atoms with Gasteiger partial charge < -0.3 is 16.2 Å². The molecule has 0 bridgehead atoms. The lowest BCUT2D eigenvalue weighted by atomic mass is 9.97. The summed E-state index contributed by atoms with van der Waals surface area (Å²) >= 11 is 0. The van der Waals surface area contributed by atoms with Crippen LogP contribution in [0.25, 0.3) is 0 Å². The normalized spacial score (nSPS) is 18.9. The first-order chi connectivity index (χ1) is 7.18. The summed E-state index contributed by atoms with van der Waals surface area (Å²) in [5.74, 6) is 1.00. The van der Waals surface area contributed by atoms with Crippen LogP contribution in [0.2, 0.25) is 0 Å². The molecule has 4 N–H and O–H groups in total. The van der Waals surface area contributed by atoms with Gasteiger partial charge in [0.2, 0.25) is 0 Å². The largest absolute Gasteiger partial charge is 0.493 e. The van der Waals surface area contributed by atoms with Crippen molar-refractivity contribution < 1.29 is 4.74 Å². The van der Waals surface area contributed by atoms with Gasteiger partial charge in [-0.05, 0) is 37.0 Å². The van der Waals surface area contributed by atoms with Crippen LogP contribution >= 0.6 is 0 Å². The fourth-order valence-electron chi connectivity index (χ4n) is 1.89. The molecule has 1 heterocycles. The summed E-state index contributed by atoms with van der Waals surface area (Å²) < 4.78 is 5.55. The zero-order valence-corrected chi connectivity index (χ0v) is 9.07. The van der Waals surface area contributed by atoms with Crippen LogP contribution < -0.4 is 16.2 Å². The predicted octanol–water partition coefficient (Wildman–Crippen LogP) is 1.36. The third kappa shape index (κ3) is 2.13. The van der Waals surface area contributed by atoms with Crippen LogP contribution in [0.3, 0.4) is 0 Å². The van der Waals surface area contributed by atoms with Crippen molar-refractivity contribution in [1.29, 1.82) is 0 Å². The van der Waals surface area contributed by atoms with E-state index in [9.17, 15) is 0 Å². The van der Waals surface area contributed by atoms with Crippen LogP contribution in [0.15, 0.2) is 18.2 Å². The Balaban J connectivity index is 2.27. The van der Waals surface area contributed by atoms with E-state index in [-0.39, 0.29) is 12.1 Å². The van der Waals surface area contributed by atoms with Crippen LogP contribution in [-0.4, -0.2) is 12.6 Å². The molecular formula is C12H18N2O. The average Bonchev–Trinajstić information content (AvgIpc) is 2.27. The van der Waals surface area contributed by atoms with Crippen LogP contribution in [0.4, 0.5) is 0 Å². The van der Waals surface area contributed by atoms with Crippen molar-refractivity contribution in [3.8, 4) is 5.75 Å². The van der Waals surface area contributed by atoms with Gasteiger partial charge in [0, 0.05) is 12.1 Å². The number of nitrogens with two attached hydrogens (primary N) is 2. The van der Waals surface area contributed by atoms with Crippen molar-refractivity contribution >= 4 is 0 Å². The second-order valence-corrected chi connectivity index (χ2v) is 4.20. The maximum atomic E-state index is 6.01. The first-order valence-corrected chi connectivity index (χ1v) is 5.45. The van der Waals surface area contributed by atoms with Crippen molar-refractivity contribution in [3.63, 3.8) is 0 Å². The van der Waals surface area contributed by atoms with Gasteiger partial charge in [0.15, 0.2) is 0 Å². The molecule has 0 amide bonds. The van der Waals surface area contributed by atoms with Crippen molar-refractivity contribution in [2.75, 3.05) is 6.61 Å². The Bertz CT molecular complexity index is 349. The van der Waals surface area contributed by atoms with Gasteiger partial charge in [0.1, 0.15) is 5.75 Å². The zero-order valence-electron chi connectivity index (χ0n) is 9.07. The van der Waals surface area contributed by atoms with Gasteiger partial charge >= 0.3 is 0 Å². The van der Waals surface area contributed by atoms with Gasteiger partial charge in [0.25, 0.3) is 0 Å². The Labute approximate surface area is 90.4 Å². The highest BCUT2D eigenvalue weighted by atomic mass is 16.5. The molecule has 3 heteroatoms. The smallest absolute Gasteiger partial charge is 0.122 e. The third-order valence-corrected chi connectivity index (χ3v) is 2.88. The minimum Gasteiger partial charge on any atom is -0.493 e. The highest BCUT2D eigenvalue weighted by molar-refractivity contribution is 5.39. The Hall–Kier alpha value is -1.06. The van der Waals surface area contributed by atoms with E-state index in [4.69, 9.17) is 16.2 Å². The molecule has 2 unspecified atom stereocenters. The Morgan fingerprint density at radius 1 is 1.33 bits per heavy atom. The number of benzene rings is 1. The zero-order chi connectivity index (χ0) is 10.8. The maximum absolute atomic E-state index is 6.01. The number of hydrogen-bond donors (Lipinski definition) is 2. The van der Waals surface area contributed by atoms with Crippen molar-refractivity contribution in [1.82, 2.24) is 0 Å². The van der Waals surface area contributed by atoms with Crippen molar-refractivity contribution in [2.24, 2.45) is 11.5 Å². The molecule has 82 valence electrons. The molecule has 0 aromatic heterocycles. The van der Waals surface area contributed by atoms with E-state index in [0.29, 0.717) is 0 Å². The lowest BCUT2D eigenvalue weighted by molar-refractivity contribution is 0.288. The third-order valence-electron chi connectivity index (χ3n) is 2.88. The second-order valence-electron chi connectivity index (χ2n) is 4.20. The first kappa shape index (κ1) is 10.5. The molecular weight excluding hydrogens is 188 g/mol. The van der Waals surface area contributed by atoms with Crippen molar-refractivity contribution in [3.05, 3.63) is 29.3 Å². The lowest BCUT2D eigenvalue weighted by Crippen LogP contribution is -2.31. The van der Waals surface area contributed by atoms with Crippen LogP contribution in [0, 0.1) is 0 Å². The number of hydrogen-bond acceptors (Lipinski definition) is 3. The molecule has 1 aromatic carbocycles. The van der Waals surface area contributed by atoms with E-state index in [2.05, 4.69) is 6.07 Å². The Morgan fingerprint density at radius 3 is 2.87 bits per heavy atom. The van der Waals surface area contributed by atoms with E-state index in [1.807, 2.05) is 19.1 Å². The molecule has 15 heavy (non-hydrogen) atoms. The quantitative estimate of drug-likeness (QED) is 0.768. The fraction of sp³-hybridized carbons (Fsp3) is 0.500. The van der Waals surface area contributed by atoms with E-state index in [1.165, 1.54) is 5.56 Å². The van der Waals surface area contributed by atoms with Crippen LogP contribution in [0.1, 0.15) is 30.5 Å². The summed E-state index contributed by atoms with van der Waals surface area (Å²) in [5.41, 5.74) is 14.2. The molecule has 3 nitrogen and oxygen atoms in total. The van der Waals surface area contributed by atoms with Gasteiger partial charge in [-0.15, -0.1) is 0 Å². The highest BCUT2D eigenvalue weighted by Gasteiger charge is 2.15. The summed E-state index contributed by atoms with van der Waals surface area (Å²) in [7, 11) is 0. The topological polar surface area (TPSA) is 61.3 Å². The minimum atomic E-state index is -0.0859. The maximum Gasteiger partial charge on any atom is 0.122 e. The Morgan fingerprint density at radius 2 is 2.13 bits per heavy atom. The van der Waals surface area contributed by atoms with E-state index in [1.54, 1.807) is 0 Å². The fourth-order valence-corrected chi connectivity index (χ4v) is 1.89. The van der Waals surface area contributed by atoms with Gasteiger partial charge in [-0.1, -0.05) is 12.1 Å². The first-order valence-electron chi connectivity index (χ1n) is 5.45. The predicted molar refractivity (Wildman–Crippen MR) is 60.8 cm³/mol. The summed E-state index contributed by atoms with van der Waals surface area (Å²) in [6, 6.07) is 6.04. The minimum absolute atomic E-state index is 0.0208. The van der Waals surface area contributed by atoms with E-state index < -0.39 is 0 Å². The lowest BCUT2D eigenvalue weighted by Gasteiger charge is -2.21. The Kier molecular flexibility index (Phi) is 2.93. The summed E-state index contributed by atoms with van der Waals surface area (Å²) in [6.45, 7) is 2.76. The highest BCUT2D eigenvalue weighted by Crippen LogP contribution is 2.27. The number of rotatable bonds is 2. The van der Waals surface area contributed by atoms with Gasteiger partial charge in [-0.25, -0.2) is 0 Å². The molecule has 0 radical (unpaired) electrons. The molecule has 2 atom stereocenters. The average molecular weight is 206 g/mol. The number of aryl methyl sites for hydroxylation is 1. The van der Waals surface area contributed by atoms with E-state index in [0.717, 1.165) is 30.8 Å². The van der Waals surface area contributed by atoms with Crippen LogP contribution in [-0.2, 0) is 6.42 Å². The van der Waals surface area contributed by atoms with Crippen molar-refractivity contribution in [2.45, 2.75) is 31.8 Å². The molecule has 0 fully saturated rings.